The van der Waals surface area contributed by atoms with Crippen LogP contribution in [0.2, 0.25) is 0 Å². The Kier molecular flexibility index (Phi) is 1.86. The maximum atomic E-state index is 5.44. The second-order valence-electron chi connectivity index (χ2n) is 3.24. The van der Waals surface area contributed by atoms with Gasteiger partial charge in [-0.2, -0.15) is 0 Å². The molecule has 2 heterocycles. The van der Waals surface area contributed by atoms with Gasteiger partial charge < -0.3 is 15.0 Å². The van der Waals surface area contributed by atoms with Crippen molar-refractivity contribution in [2.45, 2.75) is 12.0 Å². The molecule has 0 atom stereocenters. The largest absolute Gasteiger partial charge is 0.375 e. The molecule has 0 radical (unpaired) electrons. The second kappa shape index (κ2) is 2.88. The molecular weight excluding hydrogens is 154 g/mol. The predicted octanol–water partition coefficient (Wildman–Crippen LogP) is -0.0594. The number of hydrogen-bond donors (Lipinski definition) is 2. The Morgan fingerprint density at radius 2 is 2.50 bits per heavy atom. The molecule has 12 heavy (non-hydrogen) atoms. The van der Waals surface area contributed by atoms with Gasteiger partial charge in [-0.1, -0.05) is 0 Å². The molecular formula is C8H13N3O. The molecule has 2 rings (SSSR count). The van der Waals surface area contributed by atoms with E-state index in [1.165, 1.54) is 0 Å². The van der Waals surface area contributed by atoms with Crippen molar-refractivity contribution in [1.29, 1.82) is 0 Å². The molecule has 1 aliphatic heterocycles. The Bertz CT molecular complexity index is 235. The van der Waals surface area contributed by atoms with E-state index in [2.05, 4.69) is 15.3 Å². The van der Waals surface area contributed by atoms with Crippen LogP contribution in [0.3, 0.4) is 0 Å². The average Bonchev–Trinajstić information content (AvgIpc) is 2.49. The quantitative estimate of drug-likeness (QED) is 0.663. The second-order valence-corrected chi connectivity index (χ2v) is 3.24. The van der Waals surface area contributed by atoms with Crippen LogP contribution in [0.15, 0.2) is 12.5 Å². The first kappa shape index (κ1) is 7.76. The minimum absolute atomic E-state index is 0.00648. The highest BCUT2D eigenvalue weighted by molar-refractivity contribution is 5.06. The third-order valence-electron chi connectivity index (χ3n) is 2.39. The van der Waals surface area contributed by atoms with Gasteiger partial charge in [-0.15, -0.1) is 0 Å². The van der Waals surface area contributed by atoms with E-state index in [0.717, 1.165) is 25.2 Å². The number of imidazole rings is 1. The molecule has 0 spiro atoms. The molecule has 0 bridgehead atoms. The standard InChI is InChI=1S/C8H13N3O/c1-12-8(4-10-5-8)2-7-3-9-6-11-7/h3,6,10H,2,4-5H2,1H3,(H,9,11). The summed E-state index contributed by atoms with van der Waals surface area (Å²) in [6, 6.07) is 0. The van der Waals surface area contributed by atoms with Crippen LogP contribution in [0.4, 0.5) is 0 Å². The lowest BCUT2D eigenvalue weighted by atomic mass is 9.91. The first-order chi connectivity index (χ1) is 5.85. The van der Waals surface area contributed by atoms with Crippen molar-refractivity contribution in [1.82, 2.24) is 15.3 Å². The lowest BCUT2D eigenvalue weighted by Crippen LogP contribution is -2.61. The zero-order valence-corrected chi connectivity index (χ0v) is 7.13. The SMILES string of the molecule is COC1(Cc2cnc[nH]2)CNC1. The van der Waals surface area contributed by atoms with Crippen LogP contribution >= 0.6 is 0 Å². The fourth-order valence-electron chi connectivity index (χ4n) is 1.47. The molecule has 0 saturated carbocycles. The molecule has 0 aliphatic carbocycles. The molecule has 66 valence electrons. The highest BCUT2D eigenvalue weighted by atomic mass is 16.5. The van der Waals surface area contributed by atoms with Crippen molar-refractivity contribution in [2.24, 2.45) is 0 Å². The van der Waals surface area contributed by atoms with Crippen LogP contribution in [0.1, 0.15) is 5.69 Å². The van der Waals surface area contributed by atoms with Crippen molar-refractivity contribution in [2.75, 3.05) is 20.2 Å². The summed E-state index contributed by atoms with van der Waals surface area (Å²) in [4.78, 5) is 7.04. The summed E-state index contributed by atoms with van der Waals surface area (Å²) in [7, 11) is 1.76. The molecule has 1 aromatic rings. The van der Waals surface area contributed by atoms with E-state index in [9.17, 15) is 0 Å². The third kappa shape index (κ3) is 1.23. The summed E-state index contributed by atoms with van der Waals surface area (Å²) in [6.45, 7) is 1.87. The molecule has 0 aromatic carbocycles. The van der Waals surface area contributed by atoms with Crippen LogP contribution in [-0.4, -0.2) is 35.8 Å². The van der Waals surface area contributed by atoms with Gasteiger partial charge in [0.15, 0.2) is 0 Å². The maximum absolute atomic E-state index is 5.44. The molecule has 4 nitrogen and oxygen atoms in total. The highest BCUT2D eigenvalue weighted by Gasteiger charge is 2.37. The first-order valence-corrected chi connectivity index (χ1v) is 4.08. The molecule has 1 aromatic heterocycles. The number of nitrogens with zero attached hydrogens (tertiary/aromatic N) is 1. The molecule has 0 amide bonds. The van der Waals surface area contributed by atoms with E-state index < -0.39 is 0 Å². The fourth-order valence-corrected chi connectivity index (χ4v) is 1.47. The van der Waals surface area contributed by atoms with Gasteiger partial charge in [0.05, 0.1) is 11.9 Å². The fraction of sp³-hybridized carbons (Fsp3) is 0.625. The highest BCUT2D eigenvalue weighted by Crippen LogP contribution is 2.20. The topological polar surface area (TPSA) is 49.9 Å². The predicted molar refractivity (Wildman–Crippen MR) is 44.9 cm³/mol. The number of ether oxygens (including phenoxy) is 1. The van der Waals surface area contributed by atoms with Crippen molar-refractivity contribution in [3.05, 3.63) is 18.2 Å². The van der Waals surface area contributed by atoms with Gasteiger partial charge in [0.1, 0.15) is 0 Å². The zero-order chi connectivity index (χ0) is 8.44. The van der Waals surface area contributed by atoms with E-state index in [1.54, 1.807) is 13.4 Å². The molecule has 2 N–H and O–H groups in total. The summed E-state index contributed by atoms with van der Waals surface area (Å²) >= 11 is 0. The number of rotatable bonds is 3. The van der Waals surface area contributed by atoms with E-state index in [1.807, 2.05) is 6.20 Å². The van der Waals surface area contributed by atoms with Crippen molar-refractivity contribution < 1.29 is 4.74 Å². The van der Waals surface area contributed by atoms with E-state index in [4.69, 9.17) is 4.74 Å². The van der Waals surface area contributed by atoms with Crippen molar-refractivity contribution >= 4 is 0 Å². The summed E-state index contributed by atoms with van der Waals surface area (Å²) < 4.78 is 5.44. The minimum Gasteiger partial charge on any atom is -0.375 e. The maximum Gasteiger partial charge on any atom is 0.0980 e. The number of H-pyrrole nitrogens is 1. The number of nitrogens with one attached hydrogen (secondary N) is 2. The van der Waals surface area contributed by atoms with Crippen LogP contribution in [-0.2, 0) is 11.2 Å². The molecule has 0 unspecified atom stereocenters. The lowest BCUT2D eigenvalue weighted by molar-refractivity contribution is -0.0508. The van der Waals surface area contributed by atoms with Gasteiger partial charge >= 0.3 is 0 Å². The van der Waals surface area contributed by atoms with Gasteiger partial charge in [-0.05, 0) is 0 Å². The molecule has 1 aliphatic rings. The number of hydrogen-bond acceptors (Lipinski definition) is 3. The molecule has 1 saturated heterocycles. The van der Waals surface area contributed by atoms with Gasteiger partial charge in [-0.25, -0.2) is 4.98 Å². The van der Waals surface area contributed by atoms with E-state index in [-0.39, 0.29) is 5.60 Å². The number of methoxy groups -OCH3 is 1. The van der Waals surface area contributed by atoms with Crippen LogP contribution in [0.5, 0.6) is 0 Å². The van der Waals surface area contributed by atoms with Crippen molar-refractivity contribution in [3.8, 4) is 0 Å². The van der Waals surface area contributed by atoms with E-state index in [0.29, 0.717) is 0 Å². The lowest BCUT2D eigenvalue weighted by Gasteiger charge is -2.41. The summed E-state index contributed by atoms with van der Waals surface area (Å²) in [5, 5.41) is 3.21. The Labute approximate surface area is 71.3 Å². The summed E-state index contributed by atoms with van der Waals surface area (Å²) in [5.74, 6) is 0. The Balaban J connectivity index is 2.01. The summed E-state index contributed by atoms with van der Waals surface area (Å²) in [5.41, 5.74) is 1.14. The Morgan fingerprint density at radius 1 is 1.67 bits per heavy atom. The first-order valence-electron chi connectivity index (χ1n) is 4.08. The molecule has 4 heteroatoms. The Morgan fingerprint density at radius 3 is 2.92 bits per heavy atom. The van der Waals surface area contributed by atoms with Crippen LogP contribution < -0.4 is 5.32 Å². The smallest absolute Gasteiger partial charge is 0.0980 e. The van der Waals surface area contributed by atoms with Gasteiger partial charge in [0.2, 0.25) is 0 Å². The van der Waals surface area contributed by atoms with E-state index >= 15 is 0 Å². The van der Waals surface area contributed by atoms with Gasteiger partial charge in [-0.3, -0.25) is 0 Å². The average molecular weight is 167 g/mol. The van der Waals surface area contributed by atoms with Gasteiger partial charge in [0, 0.05) is 38.5 Å². The normalized spacial score (nSPS) is 20.4. The van der Waals surface area contributed by atoms with Gasteiger partial charge in [0.25, 0.3) is 0 Å². The number of aromatic nitrogens is 2. The van der Waals surface area contributed by atoms with Crippen LogP contribution in [0.25, 0.3) is 0 Å². The summed E-state index contributed by atoms with van der Waals surface area (Å²) in [6.07, 6.45) is 4.46. The number of aromatic amines is 1. The third-order valence-corrected chi connectivity index (χ3v) is 2.39. The Hall–Kier alpha value is -0.870. The minimum atomic E-state index is 0.00648. The van der Waals surface area contributed by atoms with Crippen molar-refractivity contribution in [3.63, 3.8) is 0 Å². The zero-order valence-electron chi connectivity index (χ0n) is 7.13. The van der Waals surface area contributed by atoms with Crippen LogP contribution in [0, 0.1) is 0 Å². The monoisotopic (exact) mass is 167 g/mol. The molecule has 1 fully saturated rings.